The number of aryl methyl sites for hydroxylation is 2. The molecule has 1 unspecified atom stereocenters. The number of nitrogens with zero attached hydrogens (tertiary/aromatic N) is 5. The Bertz CT molecular complexity index is 798. The summed E-state index contributed by atoms with van der Waals surface area (Å²) in [5.74, 6) is 0.334. The molecule has 6 nitrogen and oxygen atoms in total. The zero-order valence-electron chi connectivity index (χ0n) is 14.7. The summed E-state index contributed by atoms with van der Waals surface area (Å²) >= 11 is 0. The molecule has 0 N–H and O–H groups in total. The van der Waals surface area contributed by atoms with Crippen LogP contribution in [0.3, 0.4) is 0 Å². The molecule has 6 heteroatoms. The minimum absolute atomic E-state index is 0.158. The van der Waals surface area contributed by atoms with Gasteiger partial charge in [0.2, 0.25) is 5.91 Å². The highest BCUT2D eigenvalue weighted by Crippen LogP contribution is 2.40. The fraction of sp³-hybridized carbons (Fsp3) is 0.611. The molecule has 0 bridgehead atoms. The van der Waals surface area contributed by atoms with Gasteiger partial charge in [-0.3, -0.25) is 9.69 Å². The number of carbonyl (C=O) groups is 1. The first-order valence-electron chi connectivity index (χ1n) is 8.77. The van der Waals surface area contributed by atoms with Crippen molar-refractivity contribution in [2.24, 2.45) is 5.41 Å². The number of aromatic nitrogens is 3. The number of likely N-dealkylation sites (tertiary alicyclic amines) is 2. The van der Waals surface area contributed by atoms with Crippen molar-refractivity contribution < 1.29 is 4.79 Å². The number of hydrogen-bond acceptors (Lipinski definition) is 4. The standard InChI is InChI=1S/C18H25N5O/c1-13-9-14(2)23-16(20-13)15(10-19-23)11-22-8-6-18(12-22)5-4-7-21(3)17(18)24/h9-10H,4-8,11-12H2,1-3H3. The lowest BCUT2D eigenvalue weighted by Gasteiger charge is -2.37. The molecule has 24 heavy (non-hydrogen) atoms. The van der Waals surface area contributed by atoms with E-state index in [1.165, 1.54) is 0 Å². The Hall–Kier alpha value is -1.95. The van der Waals surface area contributed by atoms with E-state index in [4.69, 9.17) is 0 Å². The summed E-state index contributed by atoms with van der Waals surface area (Å²) in [6, 6.07) is 2.05. The molecule has 1 amide bonds. The highest BCUT2D eigenvalue weighted by Gasteiger charge is 2.47. The lowest BCUT2D eigenvalue weighted by Crippen LogP contribution is -2.48. The van der Waals surface area contributed by atoms with Gasteiger partial charge in [-0.25, -0.2) is 9.50 Å². The predicted molar refractivity (Wildman–Crippen MR) is 91.7 cm³/mol. The van der Waals surface area contributed by atoms with E-state index in [9.17, 15) is 4.79 Å². The molecular weight excluding hydrogens is 302 g/mol. The van der Waals surface area contributed by atoms with Gasteiger partial charge in [0.15, 0.2) is 5.65 Å². The molecular formula is C18H25N5O. The highest BCUT2D eigenvalue weighted by molar-refractivity contribution is 5.83. The minimum Gasteiger partial charge on any atom is -0.345 e. The molecule has 128 valence electrons. The van der Waals surface area contributed by atoms with E-state index in [0.29, 0.717) is 5.91 Å². The van der Waals surface area contributed by atoms with Crippen molar-refractivity contribution in [3.05, 3.63) is 29.2 Å². The molecule has 4 heterocycles. The number of rotatable bonds is 2. The van der Waals surface area contributed by atoms with Gasteiger partial charge in [0, 0.05) is 43.6 Å². The molecule has 0 aromatic carbocycles. The van der Waals surface area contributed by atoms with Crippen LogP contribution in [0, 0.1) is 19.3 Å². The van der Waals surface area contributed by atoms with E-state index in [0.717, 1.165) is 68.0 Å². The summed E-state index contributed by atoms with van der Waals surface area (Å²) < 4.78 is 1.91. The van der Waals surface area contributed by atoms with E-state index in [-0.39, 0.29) is 5.41 Å². The second-order valence-corrected chi connectivity index (χ2v) is 7.52. The molecule has 0 saturated carbocycles. The molecule has 4 rings (SSSR count). The Labute approximate surface area is 142 Å². The molecule has 1 atom stereocenters. The number of fused-ring (bicyclic) bond motifs is 1. The molecule has 1 spiro atoms. The molecule has 2 fully saturated rings. The van der Waals surface area contributed by atoms with E-state index in [2.05, 4.69) is 21.9 Å². The summed E-state index contributed by atoms with van der Waals surface area (Å²) in [7, 11) is 1.94. The quantitative estimate of drug-likeness (QED) is 0.844. The van der Waals surface area contributed by atoms with Gasteiger partial charge in [-0.2, -0.15) is 5.10 Å². The monoisotopic (exact) mass is 327 g/mol. The van der Waals surface area contributed by atoms with Crippen LogP contribution in [0.5, 0.6) is 0 Å². The Morgan fingerprint density at radius 2 is 2.08 bits per heavy atom. The second-order valence-electron chi connectivity index (χ2n) is 7.52. The average molecular weight is 327 g/mol. The first-order chi connectivity index (χ1) is 11.5. The van der Waals surface area contributed by atoms with Crippen LogP contribution in [0.15, 0.2) is 12.3 Å². The fourth-order valence-corrected chi connectivity index (χ4v) is 4.41. The summed E-state index contributed by atoms with van der Waals surface area (Å²) in [5, 5.41) is 4.48. The van der Waals surface area contributed by atoms with Crippen LogP contribution in [0.4, 0.5) is 0 Å². The van der Waals surface area contributed by atoms with E-state index >= 15 is 0 Å². The van der Waals surface area contributed by atoms with Crippen LogP contribution < -0.4 is 0 Å². The van der Waals surface area contributed by atoms with Crippen LogP contribution >= 0.6 is 0 Å². The number of piperidine rings is 1. The van der Waals surface area contributed by atoms with Gasteiger partial charge in [0.25, 0.3) is 0 Å². The first-order valence-corrected chi connectivity index (χ1v) is 8.77. The maximum Gasteiger partial charge on any atom is 0.229 e. The van der Waals surface area contributed by atoms with Crippen LogP contribution in [0.1, 0.15) is 36.2 Å². The largest absolute Gasteiger partial charge is 0.345 e. The van der Waals surface area contributed by atoms with Gasteiger partial charge in [-0.15, -0.1) is 0 Å². The molecule has 2 aromatic heterocycles. The summed E-state index contributed by atoms with van der Waals surface area (Å²) in [6.07, 6.45) is 5.04. The zero-order chi connectivity index (χ0) is 16.9. The van der Waals surface area contributed by atoms with Crippen molar-refractivity contribution in [1.29, 1.82) is 0 Å². The zero-order valence-corrected chi connectivity index (χ0v) is 14.7. The Balaban J connectivity index is 1.56. The van der Waals surface area contributed by atoms with Crippen molar-refractivity contribution in [3.63, 3.8) is 0 Å². The van der Waals surface area contributed by atoms with Crippen molar-refractivity contribution in [3.8, 4) is 0 Å². The summed E-state index contributed by atoms with van der Waals surface area (Å²) in [6.45, 7) is 7.63. The third-order valence-electron chi connectivity index (χ3n) is 5.63. The van der Waals surface area contributed by atoms with Crippen LogP contribution in [-0.2, 0) is 11.3 Å². The van der Waals surface area contributed by atoms with Crippen molar-refractivity contribution in [2.75, 3.05) is 26.7 Å². The van der Waals surface area contributed by atoms with Gasteiger partial charge >= 0.3 is 0 Å². The lowest BCUT2D eigenvalue weighted by atomic mass is 9.78. The second kappa shape index (κ2) is 5.55. The average Bonchev–Trinajstić information content (AvgIpc) is 3.11. The molecule has 2 aromatic rings. The van der Waals surface area contributed by atoms with E-state index < -0.39 is 0 Å². The smallest absolute Gasteiger partial charge is 0.229 e. The van der Waals surface area contributed by atoms with Gasteiger partial charge < -0.3 is 4.90 Å². The maximum absolute atomic E-state index is 12.7. The number of amides is 1. The van der Waals surface area contributed by atoms with Crippen LogP contribution in [0.2, 0.25) is 0 Å². The molecule has 2 aliphatic rings. The molecule has 2 saturated heterocycles. The molecule has 0 radical (unpaired) electrons. The normalized spacial score (nSPS) is 25.3. The van der Waals surface area contributed by atoms with Gasteiger partial charge in [0.1, 0.15) is 0 Å². The minimum atomic E-state index is -0.158. The molecule has 2 aliphatic heterocycles. The van der Waals surface area contributed by atoms with Crippen LogP contribution in [-0.4, -0.2) is 57.0 Å². The first kappa shape index (κ1) is 15.6. The predicted octanol–water partition coefficient (Wildman–Crippen LogP) is 1.79. The fourth-order valence-electron chi connectivity index (χ4n) is 4.41. The Morgan fingerprint density at radius 1 is 1.25 bits per heavy atom. The topological polar surface area (TPSA) is 53.7 Å². The molecule has 0 aliphatic carbocycles. The third-order valence-corrected chi connectivity index (χ3v) is 5.63. The maximum atomic E-state index is 12.7. The van der Waals surface area contributed by atoms with Crippen molar-refractivity contribution in [1.82, 2.24) is 24.4 Å². The lowest BCUT2D eigenvalue weighted by molar-refractivity contribution is -0.143. The van der Waals surface area contributed by atoms with E-state index in [1.807, 2.05) is 35.6 Å². The van der Waals surface area contributed by atoms with Gasteiger partial charge in [-0.1, -0.05) is 0 Å². The third kappa shape index (κ3) is 2.40. The van der Waals surface area contributed by atoms with E-state index in [1.54, 1.807) is 0 Å². The van der Waals surface area contributed by atoms with Crippen molar-refractivity contribution in [2.45, 2.75) is 39.7 Å². The Kier molecular flexibility index (Phi) is 3.60. The van der Waals surface area contributed by atoms with Crippen molar-refractivity contribution >= 4 is 11.6 Å². The highest BCUT2D eigenvalue weighted by atomic mass is 16.2. The van der Waals surface area contributed by atoms with Gasteiger partial charge in [0.05, 0.1) is 11.6 Å². The van der Waals surface area contributed by atoms with Crippen LogP contribution in [0.25, 0.3) is 5.65 Å². The summed E-state index contributed by atoms with van der Waals surface area (Å²) in [5.41, 5.74) is 4.06. The summed E-state index contributed by atoms with van der Waals surface area (Å²) in [4.78, 5) is 21.6. The number of carbonyl (C=O) groups excluding carboxylic acids is 1. The van der Waals surface area contributed by atoms with Gasteiger partial charge in [-0.05, 0) is 45.7 Å². The number of hydrogen-bond donors (Lipinski definition) is 0. The SMILES string of the molecule is Cc1cc(C)n2ncc(CN3CCC4(CCCN(C)C4=O)C3)c2n1. The Morgan fingerprint density at radius 3 is 2.92 bits per heavy atom.